The van der Waals surface area contributed by atoms with Crippen molar-refractivity contribution in [2.24, 2.45) is 11.3 Å². The number of amides is 1. The maximum absolute atomic E-state index is 14.5. The minimum atomic E-state index is -0.862. The Balaban J connectivity index is 1.30. The maximum Gasteiger partial charge on any atom is 0.222 e. The molecule has 4 aliphatic rings. The standard InChI is InChI=1S/C28H33F2N3O3/c1-26(2)19-8-11-28(26,17-5-4-12-33(14-17)23(34)9-10-27(35)15-36-16-27)25-18(19)13-22(31-32-25)24-20(29)6-3-7-21(24)30/h3,6-7,13,17,19,35H,4-5,8-12,14-16H2,1-2H3/t17-,19-,28-/m0/s1. The highest BCUT2D eigenvalue weighted by atomic mass is 19.1. The van der Waals surface area contributed by atoms with Crippen molar-refractivity contribution in [1.82, 2.24) is 15.1 Å². The van der Waals surface area contributed by atoms with Crippen LogP contribution in [0.15, 0.2) is 24.3 Å². The largest absolute Gasteiger partial charge is 0.385 e. The van der Waals surface area contributed by atoms with Crippen LogP contribution in [0.3, 0.4) is 0 Å². The molecule has 3 atom stereocenters. The fraction of sp³-hybridized carbons (Fsp3) is 0.607. The third kappa shape index (κ3) is 3.36. The van der Waals surface area contributed by atoms with Gasteiger partial charge >= 0.3 is 0 Å². The molecule has 0 radical (unpaired) electrons. The normalized spacial score (nSPS) is 29.6. The van der Waals surface area contributed by atoms with Crippen molar-refractivity contribution in [2.75, 3.05) is 26.3 Å². The SMILES string of the molecule is CC1(C)[C@H]2CC[C@]1([C@H]1CCCN(C(=O)CCC3(O)COC3)C1)c1nnc(-c3c(F)cccc3F)cc12. The molecular formula is C28H33F2N3O3. The number of halogens is 2. The summed E-state index contributed by atoms with van der Waals surface area (Å²) in [7, 11) is 0. The number of nitrogens with zero attached hydrogens (tertiary/aromatic N) is 3. The van der Waals surface area contributed by atoms with Gasteiger partial charge in [-0.05, 0) is 73.1 Å². The van der Waals surface area contributed by atoms with Gasteiger partial charge in [-0.1, -0.05) is 19.9 Å². The molecular weight excluding hydrogens is 464 g/mol. The zero-order chi connectivity index (χ0) is 25.3. The summed E-state index contributed by atoms with van der Waals surface area (Å²) in [4.78, 5) is 15.1. The molecule has 1 N–H and O–H groups in total. The van der Waals surface area contributed by atoms with E-state index in [-0.39, 0.29) is 39.8 Å². The number of aliphatic hydroxyl groups is 1. The monoisotopic (exact) mass is 497 g/mol. The summed E-state index contributed by atoms with van der Waals surface area (Å²) in [6.07, 6.45) is 4.64. The van der Waals surface area contributed by atoms with Gasteiger partial charge in [-0.3, -0.25) is 4.79 Å². The number of rotatable bonds is 5. The second kappa shape index (κ2) is 8.28. The number of piperidine rings is 1. The van der Waals surface area contributed by atoms with Gasteiger partial charge in [0, 0.05) is 24.9 Å². The predicted octanol–water partition coefficient (Wildman–Crippen LogP) is 4.36. The van der Waals surface area contributed by atoms with Gasteiger partial charge in [-0.15, -0.1) is 0 Å². The van der Waals surface area contributed by atoms with E-state index in [1.807, 2.05) is 11.0 Å². The molecule has 2 aliphatic carbocycles. The van der Waals surface area contributed by atoms with E-state index < -0.39 is 17.2 Å². The molecule has 3 fully saturated rings. The minimum absolute atomic E-state index is 0.0819. The Morgan fingerprint density at radius 3 is 2.64 bits per heavy atom. The molecule has 6 rings (SSSR count). The first kappa shape index (κ1) is 23.9. The fourth-order valence-corrected chi connectivity index (χ4v) is 7.73. The van der Waals surface area contributed by atoms with Crippen LogP contribution in [0.2, 0.25) is 0 Å². The summed E-state index contributed by atoms with van der Waals surface area (Å²) in [5.41, 5.74) is 0.909. The van der Waals surface area contributed by atoms with Gasteiger partial charge in [0.05, 0.1) is 30.2 Å². The first-order valence-electron chi connectivity index (χ1n) is 13.1. The van der Waals surface area contributed by atoms with E-state index in [1.165, 1.54) is 18.2 Å². The summed E-state index contributed by atoms with van der Waals surface area (Å²) in [6, 6.07) is 5.69. The average Bonchev–Trinajstić information content (AvgIpc) is 3.22. The predicted molar refractivity (Wildman–Crippen MR) is 129 cm³/mol. The van der Waals surface area contributed by atoms with E-state index in [9.17, 15) is 18.7 Å². The van der Waals surface area contributed by atoms with Gasteiger partial charge in [0.15, 0.2) is 0 Å². The maximum atomic E-state index is 14.5. The third-order valence-corrected chi connectivity index (χ3v) is 9.71. The van der Waals surface area contributed by atoms with Crippen LogP contribution >= 0.6 is 0 Å². The number of carbonyl (C=O) groups excluding carboxylic acids is 1. The van der Waals surface area contributed by atoms with E-state index in [0.717, 1.165) is 43.5 Å². The molecule has 1 aromatic heterocycles. The van der Waals surface area contributed by atoms with Crippen molar-refractivity contribution >= 4 is 5.91 Å². The Bertz CT molecular complexity index is 1190. The number of benzene rings is 1. The smallest absolute Gasteiger partial charge is 0.222 e. The van der Waals surface area contributed by atoms with Crippen LogP contribution in [0.25, 0.3) is 11.3 Å². The van der Waals surface area contributed by atoms with E-state index in [0.29, 0.717) is 32.6 Å². The third-order valence-electron chi connectivity index (χ3n) is 9.71. The van der Waals surface area contributed by atoms with Crippen LogP contribution in [0.4, 0.5) is 8.78 Å². The zero-order valence-electron chi connectivity index (χ0n) is 20.9. The summed E-state index contributed by atoms with van der Waals surface area (Å²) >= 11 is 0. The molecule has 3 heterocycles. The highest BCUT2D eigenvalue weighted by Gasteiger charge is 2.66. The number of likely N-dealkylation sites (tertiary alicyclic amines) is 1. The molecule has 0 spiro atoms. The molecule has 1 saturated carbocycles. The Morgan fingerprint density at radius 1 is 1.19 bits per heavy atom. The first-order valence-corrected chi connectivity index (χ1v) is 13.1. The van der Waals surface area contributed by atoms with Gasteiger partial charge < -0.3 is 14.7 Å². The fourth-order valence-electron chi connectivity index (χ4n) is 7.73. The summed E-state index contributed by atoms with van der Waals surface area (Å²) in [6.45, 7) is 6.56. The molecule has 8 heteroatoms. The van der Waals surface area contributed by atoms with Gasteiger partial charge in [-0.25, -0.2) is 8.78 Å². The average molecular weight is 498 g/mol. The molecule has 0 unspecified atom stereocenters. The van der Waals surface area contributed by atoms with Crippen LogP contribution in [-0.2, 0) is 14.9 Å². The second-order valence-corrected chi connectivity index (χ2v) is 11.8. The van der Waals surface area contributed by atoms with Crippen LogP contribution < -0.4 is 0 Å². The number of ether oxygens (including phenoxy) is 1. The molecule has 36 heavy (non-hydrogen) atoms. The Labute approximate surface area is 210 Å². The highest BCUT2D eigenvalue weighted by Crippen LogP contribution is 2.70. The highest BCUT2D eigenvalue weighted by molar-refractivity contribution is 5.76. The lowest BCUT2D eigenvalue weighted by atomic mass is 9.59. The summed E-state index contributed by atoms with van der Waals surface area (Å²) in [5, 5.41) is 19.3. The number of hydrogen-bond donors (Lipinski definition) is 1. The van der Waals surface area contributed by atoms with Crippen molar-refractivity contribution in [3.8, 4) is 11.3 Å². The van der Waals surface area contributed by atoms with E-state index in [1.54, 1.807) is 0 Å². The van der Waals surface area contributed by atoms with E-state index in [2.05, 4.69) is 24.0 Å². The van der Waals surface area contributed by atoms with Gasteiger partial charge in [-0.2, -0.15) is 10.2 Å². The topological polar surface area (TPSA) is 75.6 Å². The van der Waals surface area contributed by atoms with Gasteiger partial charge in [0.25, 0.3) is 0 Å². The Morgan fingerprint density at radius 2 is 1.94 bits per heavy atom. The van der Waals surface area contributed by atoms with Crippen LogP contribution in [0.1, 0.15) is 69.5 Å². The summed E-state index contributed by atoms with van der Waals surface area (Å²) in [5.74, 6) is -0.729. The first-order chi connectivity index (χ1) is 17.2. The number of hydrogen-bond acceptors (Lipinski definition) is 5. The lowest BCUT2D eigenvalue weighted by Gasteiger charge is -2.48. The van der Waals surface area contributed by atoms with Gasteiger partial charge in [0.2, 0.25) is 5.91 Å². The molecule has 2 saturated heterocycles. The molecule has 6 nitrogen and oxygen atoms in total. The van der Waals surface area contributed by atoms with Crippen molar-refractivity contribution in [3.63, 3.8) is 0 Å². The summed E-state index contributed by atoms with van der Waals surface area (Å²) < 4.78 is 34.1. The van der Waals surface area contributed by atoms with Crippen molar-refractivity contribution in [2.45, 2.75) is 69.3 Å². The van der Waals surface area contributed by atoms with Crippen LogP contribution in [0.5, 0.6) is 0 Å². The molecule has 2 aliphatic heterocycles. The number of fused-ring (bicyclic) bond motifs is 5. The lowest BCUT2D eigenvalue weighted by Crippen LogP contribution is -2.52. The lowest BCUT2D eigenvalue weighted by molar-refractivity contribution is -0.183. The van der Waals surface area contributed by atoms with E-state index >= 15 is 0 Å². The van der Waals surface area contributed by atoms with Crippen molar-refractivity contribution in [3.05, 3.63) is 47.2 Å². The van der Waals surface area contributed by atoms with Crippen molar-refractivity contribution in [1.29, 1.82) is 0 Å². The zero-order valence-corrected chi connectivity index (χ0v) is 20.9. The second-order valence-electron chi connectivity index (χ2n) is 11.8. The molecule has 2 aromatic rings. The Kier molecular flexibility index (Phi) is 5.50. The van der Waals surface area contributed by atoms with Crippen molar-refractivity contribution < 1.29 is 23.4 Å². The molecule has 2 bridgehead atoms. The van der Waals surface area contributed by atoms with Crippen LogP contribution in [-0.4, -0.2) is 58.0 Å². The minimum Gasteiger partial charge on any atom is -0.385 e. The van der Waals surface area contributed by atoms with E-state index in [4.69, 9.17) is 4.74 Å². The molecule has 1 amide bonds. The molecule has 1 aromatic carbocycles. The Hall–Kier alpha value is -2.45. The molecule has 192 valence electrons. The quantitative estimate of drug-likeness (QED) is 0.665. The van der Waals surface area contributed by atoms with Crippen LogP contribution in [0, 0.1) is 23.0 Å². The number of carbonyl (C=O) groups is 1. The number of aromatic nitrogens is 2. The van der Waals surface area contributed by atoms with Gasteiger partial charge in [0.1, 0.15) is 17.2 Å².